The summed E-state index contributed by atoms with van der Waals surface area (Å²) in [5.41, 5.74) is 5.07. The summed E-state index contributed by atoms with van der Waals surface area (Å²) in [6, 6.07) is 3.09. The molecule has 0 aliphatic rings. The highest BCUT2D eigenvalue weighted by Crippen LogP contribution is 2.17. The Kier molecular flexibility index (Phi) is 4.33. The summed E-state index contributed by atoms with van der Waals surface area (Å²) in [6.07, 6.45) is 0. The van der Waals surface area contributed by atoms with E-state index < -0.39 is 37.0 Å². The van der Waals surface area contributed by atoms with Crippen molar-refractivity contribution >= 4 is 25.4 Å². The number of anilines is 1. The van der Waals surface area contributed by atoms with E-state index in [-0.39, 0.29) is 16.3 Å². The monoisotopic (exact) mass is 295 g/mol. The first kappa shape index (κ1) is 14.9. The molecule has 1 aromatic rings. The molecule has 8 heteroatoms. The Morgan fingerprint density at radius 1 is 1.17 bits per heavy atom. The fourth-order valence-corrected chi connectivity index (χ4v) is 4.18. The third-order valence-electron chi connectivity index (χ3n) is 2.43. The Morgan fingerprint density at radius 3 is 2.28 bits per heavy atom. The number of nitrogens with two attached hydrogens (primary N) is 1. The predicted molar refractivity (Wildman–Crippen MR) is 67.2 cm³/mol. The van der Waals surface area contributed by atoms with Gasteiger partial charge in [-0.25, -0.2) is 21.2 Å². The Labute approximate surface area is 106 Å². The van der Waals surface area contributed by atoms with Crippen molar-refractivity contribution in [2.75, 3.05) is 23.0 Å². The molecule has 0 amide bonds. The fraction of sp³-hybridized carbons (Fsp3) is 0.400. The highest BCUT2D eigenvalue weighted by atomic mass is 32.2. The zero-order chi connectivity index (χ0) is 14.0. The van der Waals surface area contributed by atoms with Crippen LogP contribution in [0, 0.1) is 5.82 Å². The normalized spacial score (nSPS) is 12.6. The third-order valence-corrected chi connectivity index (χ3v) is 6.11. The van der Waals surface area contributed by atoms with E-state index in [0.717, 1.165) is 18.2 Å². The Hall–Kier alpha value is -1.15. The summed E-state index contributed by atoms with van der Waals surface area (Å²) in [6.45, 7) is 1.44. The smallest absolute Gasteiger partial charge is 0.179 e. The Morgan fingerprint density at radius 2 is 1.78 bits per heavy atom. The molecule has 0 aromatic heterocycles. The molecule has 0 bridgehead atoms. The van der Waals surface area contributed by atoms with Crippen molar-refractivity contribution in [3.63, 3.8) is 0 Å². The van der Waals surface area contributed by atoms with Crippen molar-refractivity contribution in [2.45, 2.75) is 11.8 Å². The molecule has 18 heavy (non-hydrogen) atoms. The van der Waals surface area contributed by atoms with Gasteiger partial charge in [0.15, 0.2) is 19.7 Å². The minimum atomic E-state index is -3.82. The van der Waals surface area contributed by atoms with Crippen LogP contribution in [0.3, 0.4) is 0 Å². The second-order valence-corrected chi connectivity index (χ2v) is 8.32. The molecule has 0 aliphatic heterocycles. The van der Waals surface area contributed by atoms with Crippen LogP contribution < -0.4 is 5.73 Å². The predicted octanol–water partition coefficient (Wildman–Crippen LogP) is 0.616. The van der Waals surface area contributed by atoms with Gasteiger partial charge in [0, 0.05) is 5.75 Å². The summed E-state index contributed by atoms with van der Waals surface area (Å²) in [5.74, 6) is -2.00. The van der Waals surface area contributed by atoms with E-state index in [1.807, 2.05) is 0 Å². The molecular formula is C10H14FNO4S2. The molecule has 0 radical (unpaired) electrons. The summed E-state index contributed by atoms with van der Waals surface area (Å²) >= 11 is 0. The van der Waals surface area contributed by atoms with E-state index in [1.54, 1.807) is 0 Å². The lowest BCUT2D eigenvalue weighted by Crippen LogP contribution is -2.18. The first-order chi connectivity index (χ1) is 8.18. The van der Waals surface area contributed by atoms with Crippen LogP contribution >= 0.6 is 0 Å². The Bertz CT molecular complexity index is 638. The van der Waals surface area contributed by atoms with Gasteiger partial charge in [-0.05, 0) is 18.2 Å². The summed E-state index contributed by atoms with van der Waals surface area (Å²) in [7, 11) is -7.19. The quantitative estimate of drug-likeness (QED) is 0.803. The molecule has 1 aromatic carbocycles. The third kappa shape index (κ3) is 3.67. The molecule has 2 N–H and O–H groups in total. The molecule has 0 unspecified atom stereocenters. The van der Waals surface area contributed by atoms with Crippen LogP contribution in [0.15, 0.2) is 23.1 Å². The zero-order valence-corrected chi connectivity index (χ0v) is 11.4. The topological polar surface area (TPSA) is 94.3 Å². The van der Waals surface area contributed by atoms with Crippen molar-refractivity contribution in [3.05, 3.63) is 24.0 Å². The van der Waals surface area contributed by atoms with E-state index >= 15 is 0 Å². The lowest BCUT2D eigenvalue weighted by molar-refractivity contribution is 0.586. The number of benzene rings is 1. The van der Waals surface area contributed by atoms with Gasteiger partial charge in [-0.2, -0.15) is 0 Å². The number of halogens is 1. The molecule has 0 aliphatic carbocycles. The number of nitrogen functional groups attached to an aromatic ring is 1. The Balaban J connectivity index is 2.97. The fourth-order valence-electron chi connectivity index (χ4n) is 1.20. The number of sulfone groups is 2. The SMILES string of the molecule is CCS(=O)(=O)CCS(=O)(=O)c1ccc(N)c(F)c1. The van der Waals surface area contributed by atoms with E-state index in [2.05, 4.69) is 0 Å². The summed E-state index contributed by atoms with van der Waals surface area (Å²) in [5, 5.41) is 0. The van der Waals surface area contributed by atoms with Gasteiger partial charge in [-0.1, -0.05) is 6.92 Å². The standard InChI is InChI=1S/C10H14FNO4S2/c1-2-17(13,14)5-6-18(15,16)8-3-4-10(12)9(11)7-8/h3-4,7H,2,5-6,12H2,1H3. The van der Waals surface area contributed by atoms with Crippen molar-refractivity contribution in [1.82, 2.24) is 0 Å². The van der Waals surface area contributed by atoms with E-state index in [4.69, 9.17) is 5.73 Å². The van der Waals surface area contributed by atoms with Crippen LogP contribution in [-0.2, 0) is 19.7 Å². The summed E-state index contributed by atoms with van der Waals surface area (Å²) in [4.78, 5) is -0.263. The molecule has 0 saturated heterocycles. The molecule has 0 atom stereocenters. The number of hydrogen-bond acceptors (Lipinski definition) is 5. The van der Waals surface area contributed by atoms with E-state index in [1.165, 1.54) is 6.92 Å². The second-order valence-electron chi connectivity index (χ2n) is 3.74. The van der Waals surface area contributed by atoms with Crippen molar-refractivity contribution in [1.29, 1.82) is 0 Å². The highest BCUT2D eigenvalue weighted by Gasteiger charge is 2.19. The largest absolute Gasteiger partial charge is 0.396 e. The van der Waals surface area contributed by atoms with Crippen LogP contribution in [0.2, 0.25) is 0 Å². The van der Waals surface area contributed by atoms with Crippen molar-refractivity contribution in [3.8, 4) is 0 Å². The molecular weight excluding hydrogens is 281 g/mol. The molecule has 0 saturated carbocycles. The summed E-state index contributed by atoms with van der Waals surface area (Å²) < 4.78 is 59.2. The van der Waals surface area contributed by atoms with Crippen molar-refractivity contribution in [2.24, 2.45) is 0 Å². The average Bonchev–Trinajstić information content (AvgIpc) is 2.30. The van der Waals surface area contributed by atoms with Gasteiger partial charge in [0.1, 0.15) is 5.82 Å². The maximum atomic E-state index is 13.1. The highest BCUT2D eigenvalue weighted by molar-refractivity contribution is 7.95. The average molecular weight is 295 g/mol. The molecule has 0 fully saturated rings. The molecule has 5 nitrogen and oxygen atoms in total. The van der Waals surface area contributed by atoms with Gasteiger partial charge < -0.3 is 5.73 Å². The maximum absolute atomic E-state index is 13.1. The van der Waals surface area contributed by atoms with Crippen molar-refractivity contribution < 1.29 is 21.2 Å². The van der Waals surface area contributed by atoms with Gasteiger partial charge in [0.05, 0.1) is 22.1 Å². The van der Waals surface area contributed by atoms with Gasteiger partial charge in [0.2, 0.25) is 0 Å². The van der Waals surface area contributed by atoms with Crippen LogP contribution in [0.5, 0.6) is 0 Å². The number of rotatable bonds is 5. The van der Waals surface area contributed by atoms with E-state index in [0.29, 0.717) is 0 Å². The molecule has 102 valence electrons. The lowest BCUT2D eigenvalue weighted by atomic mass is 10.3. The first-order valence-corrected chi connectivity index (χ1v) is 8.63. The number of hydrogen-bond donors (Lipinski definition) is 1. The van der Waals surface area contributed by atoms with E-state index in [9.17, 15) is 21.2 Å². The van der Waals surface area contributed by atoms with Gasteiger partial charge in [0.25, 0.3) is 0 Å². The van der Waals surface area contributed by atoms with Crippen LogP contribution in [0.4, 0.5) is 10.1 Å². The van der Waals surface area contributed by atoms with Crippen LogP contribution in [0.1, 0.15) is 6.92 Å². The van der Waals surface area contributed by atoms with Crippen LogP contribution in [-0.4, -0.2) is 34.1 Å². The molecule has 1 rings (SSSR count). The van der Waals surface area contributed by atoms with Gasteiger partial charge in [-0.15, -0.1) is 0 Å². The molecule has 0 spiro atoms. The van der Waals surface area contributed by atoms with Gasteiger partial charge in [-0.3, -0.25) is 0 Å². The zero-order valence-electron chi connectivity index (χ0n) is 9.76. The molecule has 0 heterocycles. The first-order valence-electron chi connectivity index (χ1n) is 5.16. The lowest BCUT2D eigenvalue weighted by Gasteiger charge is -2.05. The second kappa shape index (κ2) is 5.23. The van der Waals surface area contributed by atoms with Crippen LogP contribution in [0.25, 0.3) is 0 Å². The minimum Gasteiger partial charge on any atom is -0.396 e. The van der Waals surface area contributed by atoms with Gasteiger partial charge >= 0.3 is 0 Å². The maximum Gasteiger partial charge on any atom is 0.179 e. The minimum absolute atomic E-state index is 0.126.